The monoisotopic (exact) mass is 388 g/mol. The van der Waals surface area contributed by atoms with E-state index in [2.05, 4.69) is 17.9 Å². The number of aldehydes is 1. The van der Waals surface area contributed by atoms with Crippen molar-refractivity contribution in [3.63, 3.8) is 0 Å². The van der Waals surface area contributed by atoms with Crippen molar-refractivity contribution >= 4 is 12.0 Å². The van der Waals surface area contributed by atoms with E-state index in [1.54, 1.807) is 22.9 Å². The predicted molar refractivity (Wildman–Crippen MR) is 60.1 cm³/mol. The summed E-state index contributed by atoms with van der Waals surface area (Å²) < 4.78 is 1.67. The molecule has 0 unspecified atom stereocenters. The van der Waals surface area contributed by atoms with Crippen molar-refractivity contribution in [3.8, 4) is 0 Å². The molecule has 0 bridgehead atoms. The fourth-order valence-electron chi connectivity index (χ4n) is 1.29. The normalized spacial score (nSPS) is 11.9. The molecule has 85 valence electrons. The molecule has 1 aromatic rings. The first-order chi connectivity index (χ1) is 7.24. The molecule has 0 aromatic carbocycles. The number of hydrogen-bond acceptors (Lipinski definition) is 2. The maximum absolute atomic E-state index is 10.9. The Morgan fingerprint density at radius 1 is 1.62 bits per heavy atom. The van der Waals surface area contributed by atoms with Crippen molar-refractivity contribution in [2.24, 2.45) is 0 Å². The molecule has 0 aliphatic heterocycles. The standard InChI is InChI=1S/C12H13N2O.Re/c1-4-6-11(9-15)12(5-2)14-10(3)7-8-13-14;/h4-7,9H,1H2,2-3H3;/q-1;/b11-6-,12-5+;. The van der Waals surface area contributed by atoms with Crippen LogP contribution >= 0.6 is 0 Å². The molecule has 0 saturated carbocycles. The maximum atomic E-state index is 10.9. The number of carbonyl (C=O) groups excluding carboxylic acids is 1. The van der Waals surface area contributed by atoms with Crippen LogP contribution in [0.15, 0.2) is 36.4 Å². The van der Waals surface area contributed by atoms with Crippen LogP contribution in [0.4, 0.5) is 0 Å². The molecule has 4 heteroatoms. The van der Waals surface area contributed by atoms with E-state index in [0.29, 0.717) is 5.57 Å². The van der Waals surface area contributed by atoms with E-state index >= 15 is 0 Å². The molecule has 16 heavy (non-hydrogen) atoms. The molecule has 0 spiro atoms. The molecular formula is C12H13N2ORe-. The SMILES string of the molecule is C=C/C=C(C=O)\C(=C/C)n1n[c-]cc1C.[Re]. The zero-order valence-corrected chi connectivity index (χ0v) is 12.0. The van der Waals surface area contributed by atoms with Gasteiger partial charge in [-0.2, -0.15) is 6.07 Å². The van der Waals surface area contributed by atoms with Gasteiger partial charge in [0.05, 0.1) is 0 Å². The van der Waals surface area contributed by atoms with E-state index in [-0.39, 0.29) is 20.4 Å². The van der Waals surface area contributed by atoms with Gasteiger partial charge in [0.1, 0.15) is 0 Å². The van der Waals surface area contributed by atoms with E-state index in [0.717, 1.165) is 17.7 Å². The molecule has 0 fully saturated rings. The fraction of sp³-hybridized carbons (Fsp3) is 0.167. The van der Waals surface area contributed by atoms with Gasteiger partial charge in [0, 0.05) is 31.7 Å². The summed E-state index contributed by atoms with van der Waals surface area (Å²) in [5.41, 5.74) is 2.22. The Kier molecular flexibility index (Phi) is 6.56. The summed E-state index contributed by atoms with van der Waals surface area (Å²) in [6, 6.07) is 1.76. The third-order valence-corrected chi connectivity index (χ3v) is 1.99. The van der Waals surface area contributed by atoms with Gasteiger partial charge in [-0.1, -0.05) is 31.7 Å². The van der Waals surface area contributed by atoms with Crippen LogP contribution in [0.2, 0.25) is 0 Å². The third-order valence-electron chi connectivity index (χ3n) is 1.99. The minimum Gasteiger partial charge on any atom is -0.335 e. The maximum Gasteiger partial charge on any atom is 0.152 e. The fourth-order valence-corrected chi connectivity index (χ4v) is 1.29. The van der Waals surface area contributed by atoms with Gasteiger partial charge in [0.15, 0.2) is 6.29 Å². The molecule has 0 amide bonds. The third kappa shape index (κ3) is 3.13. The number of allylic oxidation sites excluding steroid dienone is 5. The average Bonchev–Trinajstić information content (AvgIpc) is 2.65. The van der Waals surface area contributed by atoms with E-state index < -0.39 is 0 Å². The minimum absolute atomic E-state index is 0. The Morgan fingerprint density at radius 3 is 2.69 bits per heavy atom. The molecule has 1 aromatic heterocycles. The molecular weight excluding hydrogens is 374 g/mol. The minimum atomic E-state index is 0. The summed E-state index contributed by atoms with van der Waals surface area (Å²) in [6.45, 7) is 7.33. The van der Waals surface area contributed by atoms with Gasteiger partial charge in [-0.05, 0) is 6.92 Å². The van der Waals surface area contributed by atoms with Gasteiger partial charge in [0.2, 0.25) is 0 Å². The first-order valence-electron chi connectivity index (χ1n) is 4.62. The number of rotatable bonds is 4. The van der Waals surface area contributed by atoms with Crippen LogP contribution in [-0.2, 0) is 25.2 Å². The smallest absolute Gasteiger partial charge is 0.152 e. The summed E-state index contributed by atoms with van der Waals surface area (Å²) in [5, 5.41) is 4.03. The van der Waals surface area contributed by atoms with Gasteiger partial charge >= 0.3 is 0 Å². The van der Waals surface area contributed by atoms with E-state index in [4.69, 9.17) is 0 Å². The van der Waals surface area contributed by atoms with Gasteiger partial charge in [0.25, 0.3) is 0 Å². The topological polar surface area (TPSA) is 34.9 Å². The van der Waals surface area contributed by atoms with Crippen LogP contribution in [0, 0.1) is 13.1 Å². The number of aromatic nitrogens is 2. The summed E-state index contributed by atoms with van der Waals surface area (Å²) >= 11 is 0. The molecule has 0 saturated heterocycles. The Balaban J connectivity index is 0.00000225. The van der Waals surface area contributed by atoms with Crippen molar-refractivity contribution in [1.82, 2.24) is 9.78 Å². The zero-order chi connectivity index (χ0) is 11.3. The van der Waals surface area contributed by atoms with Crippen LogP contribution in [0.3, 0.4) is 0 Å². The van der Waals surface area contributed by atoms with E-state index in [1.165, 1.54) is 0 Å². The van der Waals surface area contributed by atoms with E-state index in [1.807, 2.05) is 19.9 Å². The molecule has 0 atom stereocenters. The first-order valence-corrected chi connectivity index (χ1v) is 4.62. The van der Waals surface area contributed by atoms with E-state index in [9.17, 15) is 4.79 Å². The zero-order valence-electron chi connectivity index (χ0n) is 9.27. The molecule has 0 aliphatic rings. The van der Waals surface area contributed by atoms with Crippen LogP contribution in [-0.4, -0.2) is 16.1 Å². The second-order valence-electron chi connectivity index (χ2n) is 2.98. The Bertz CT molecular complexity index is 430. The van der Waals surface area contributed by atoms with Gasteiger partial charge in [-0.3, -0.25) is 4.79 Å². The van der Waals surface area contributed by atoms with Gasteiger partial charge in [-0.25, -0.2) is 0 Å². The average molecular weight is 387 g/mol. The van der Waals surface area contributed by atoms with Crippen LogP contribution in [0.1, 0.15) is 12.6 Å². The molecule has 3 nitrogen and oxygen atoms in total. The van der Waals surface area contributed by atoms with Crippen molar-refractivity contribution in [1.29, 1.82) is 0 Å². The number of carbonyl (C=O) groups is 1. The van der Waals surface area contributed by atoms with Crippen LogP contribution < -0.4 is 0 Å². The second kappa shape index (κ2) is 7.10. The quantitative estimate of drug-likeness (QED) is 0.344. The molecule has 0 N–H and O–H groups in total. The number of hydrogen-bond donors (Lipinski definition) is 0. The first kappa shape index (κ1) is 14.8. The molecule has 1 heterocycles. The molecule has 0 aliphatic carbocycles. The second-order valence-corrected chi connectivity index (χ2v) is 2.98. The molecule has 1 rings (SSSR count). The number of aryl methyl sites for hydroxylation is 1. The largest absolute Gasteiger partial charge is 0.335 e. The Hall–Kier alpha value is -1.24. The Morgan fingerprint density at radius 2 is 2.31 bits per heavy atom. The van der Waals surface area contributed by atoms with Crippen molar-refractivity contribution in [2.45, 2.75) is 13.8 Å². The van der Waals surface area contributed by atoms with Crippen LogP contribution in [0.5, 0.6) is 0 Å². The van der Waals surface area contributed by atoms with Crippen molar-refractivity contribution in [3.05, 3.63) is 48.3 Å². The molecule has 1 radical (unpaired) electrons. The summed E-state index contributed by atoms with van der Waals surface area (Å²) in [5.74, 6) is 0. The van der Waals surface area contributed by atoms with Gasteiger partial charge in [-0.15, -0.1) is 11.9 Å². The summed E-state index contributed by atoms with van der Waals surface area (Å²) in [6.07, 6.45) is 8.59. The van der Waals surface area contributed by atoms with Crippen molar-refractivity contribution < 1.29 is 25.2 Å². The summed E-state index contributed by atoms with van der Waals surface area (Å²) in [7, 11) is 0. The number of nitrogens with zero attached hydrogens (tertiary/aromatic N) is 2. The summed E-state index contributed by atoms with van der Waals surface area (Å²) in [4.78, 5) is 10.9. The van der Waals surface area contributed by atoms with Crippen molar-refractivity contribution in [2.75, 3.05) is 0 Å². The Labute approximate surface area is 109 Å². The van der Waals surface area contributed by atoms with Gasteiger partial charge < -0.3 is 9.78 Å². The predicted octanol–water partition coefficient (Wildman–Crippen LogP) is 2.16. The van der Waals surface area contributed by atoms with Crippen LogP contribution in [0.25, 0.3) is 5.70 Å².